The normalized spacial score (nSPS) is 35.6. The Labute approximate surface area is 88.1 Å². The second-order valence-corrected chi connectivity index (χ2v) is 5.08. The first-order valence-electron chi connectivity index (χ1n) is 6.03. The molecule has 1 aliphatic rings. The van der Waals surface area contributed by atoms with E-state index in [1.54, 1.807) is 0 Å². The van der Waals surface area contributed by atoms with Crippen LogP contribution in [0.4, 0.5) is 0 Å². The molecule has 3 unspecified atom stereocenters. The Morgan fingerprint density at radius 2 is 1.79 bits per heavy atom. The molecule has 0 aromatic heterocycles. The van der Waals surface area contributed by atoms with Gasteiger partial charge in [-0.3, -0.25) is 0 Å². The summed E-state index contributed by atoms with van der Waals surface area (Å²) in [5, 5.41) is 12.9. The maximum absolute atomic E-state index is 9.46. The monoisotopic (exact) mass is 199 g/mol. The number of hydrogen-bond donors (Lipinski definition) is 2. The van der Waals surface area contributed by atoms with Crippen molar-refractivity contribution in [3.63, 3.8) is 0 Å². The van der Waals surface area contributed by atoms with Crippen molar-refractivity contribution in [1.29, 1.82) is 0 Å². The van der Waals surface area contributed by atoms with Crippen LogP contribution >= 0.6 is 0 Å². The minimum absolute atomic E-state index is 0.164. The first-order valence-corrected chi connectivity index (χ1v) is 6.03. The standard InChI is InChI=1S/C12H25NO/c1-4-12(14)8-13-11-6-9(2)5-10(3)7-11/h9-14H,4-8H2,1-3H3. The lowest BCUT2D eigenvalue weighted by molar-refractivity contribution is 0.150. The molecule has 14 heavy (non-hydrogen) atoms. The maximum atomic E-state index is 9.46. The first kappa shape index (κ1) is 12.0. The summed E-state index contributed by atoms with van der Waals surface area (Å²) in [6.07, 6.45) is 4.61. The average Bonchev–Trinajstić information content (AvgIpc) is 2.12. The van der Waals surface area contributed by atoms with E-state index in [9.17, 15) is 5.11 Å². The molecule has 2 N–H and O–H groups in total. The summed E-state index contributed by atoms with van der Waals surface area (Å²) in [4.78, 5) is 0. The second-order valence-electron chi connectivity index (χ2n) is 5.08. The third-order valence-corrected chi connectivity index (χ3v) is 3.29. The van der Waals surface area contributed by atoms with Crippen molar-refractivity contribution in [2.75, 3.05) is 6.54 Å². The van der Waals surface area contributed by atoms with Gasteiger partial charge in [-0.05, 0) is 37.5 Å². The molecule has 0 spiro atoms. The highest BCUT2D eigenvalue weighted by atomic mass is 16.3. The van der Waals surface area contributed by atoms with Crippen LogP contribution < -0.4 is 5.32 Å². The van der Waals surface area contributed by atoms with Gasteiger partial charge in [0, 0.05) is 12.6 Å². The van der Waals surface area contributed by atoms with Crippen molar-refractivity contribution in [1.82, 2.24) is 5.32 Å². The molecular formula is C12H25NO. The van der Waals surface area contributed by atoms with E-state index in [2.05, 4.69) is 19.2 Å². The van der Waals surface area contributed by atoms with E-state index in [1.165, 1.54) is 19.3 Å². The van der Waals surface area contributed by atoms with Crippen LogP contribution in [0.5, 0.6) is 0 Å². The Kier molecular flexibility index (Phi) is 4.90. The second kappa shape index (κ2) is 5.72. The lowest BCUT2D eigenvalue weighted by Crippen LogP contribution is -2.40. The summed E-state index contributed by atoms with van der Waals surface area (Å²) >= 11 is 0. The SMILES string of the molecule is CCC(O)CNC1CC(C)CC(C)C1. The van der Waals surface area contributed by atoms with Gasteiger partial charge in [0.15, 0.2) is 0 Å². The van der Waals surface area contributed by atoms with E-state index in [0.29, 0.717) is 6.04 Å². The van der Waals surface area contributed by atoms with Gasteiger partial charge in [0.2, 0.25) is 0 Å². The smallest absolute Gasteiger partial charge is 0.0662 e. The molecule has 3 atom stereocenters. The lowest BCUT2D eigenvalue weighted by Gasteiger charge is -2.32. The van der Waals surface area contributed by atoms with Gasteiger partial charge in [0.25, 0.3) is 0 Å². The molecule has 0 aromatic carbocycles. The van der Waals surface area contributed by atoms with E-state index in [4.69, 9.17) is 0 Å². The van der Waals surface area contributed by atoms with Crippen molar-refractivity contribution >= 4 is 0 Å². The van der Waals surface area contributed by atoms with Crippen LogP contribution in [-0.2, 0) is 0 Å². The van der Waals surface area contributed by atoms with Crippen molar-refractivity contribution in [2.45, 2.75) is 58.6 Å². The maximum Gasteiger partial charge on any atom is 0.0662 e. The summed E-state index contributed by atoms with van der Waals surface area (Å²) in [6.45, 7) is 7.46. The minimum Gasteiger partial charge on any atom is -0.392 e. The third-order valence-electron chi connectivity index (χ3n) is 3.29. The fraction of sp³-hybridized carbons (Fsp3) is 1.00. The van der Waals surface area contributed by atoms with Gasteiger partial charge in [-0.2, -0.15) is 0 Å². The summed E-state index contributed by atoms with van der Waals surface area (Å²) in [6, 6.07) is 0.634. The molecule has 1 fully saturated rings. The molecule has 0 aliphatic heterocycles. The number of aliphatic hydroxyl groups excluding tert-OH is 1. The van der Waals surface area contributed by atoms with Crippen LogP contribution in [0.3, 0.4) is 0 Å². The largest absolute Gasteiger partial charge is 0.392 e. The Morgan fingerprint density at radius 3 is 2.29 bits per heavy atom. The first-order chi connectivity index (χ1) is 6.61. The molecule has 0 saturated heterocycles. The zero-order valence-corrected chi connectivity index (χ0v) is 9.79. The Hall–Kier alpha value is -0.0800. The zero-order chi connectivity index (χ0) is 10.6. The van der Waals surface area contributed by atoms with E-state index in [0.717, 1.165) is 24.8 Å². The highest BCUT2D eigenvalue weighted by Gasteiger charge is 2.23. The molecule has 0 bridgehead atoms. The van der Waals surface area contributed by atoms with Gasteiger partial charge in [0.05, 0.1) is 6.10 Å². The summed E-state index contributed by atoms with van der Waals surface area (Å²) < 4.78 is 0. The van der Waals surface area contributed by atoms with Crippen LogP contribution in [0.2, 0.25) is 0 Å². The Bertz CT molecular complexity index is 150. The molecule has 84 valence electrons. The molecule has 0 radical (unpaired) electrons. The van der Waals surface area contributed by atoms with Crippen molar-refractivity contribution in [2.24, 2.45) is 11.8 Å². The summed E-state index contributed by atoms with van der Waals surface area (Å²) in [5.41, 5.74) is 0. The van der Waals surface area contributed by atoms with Gasteiger partial charge in [-0.1, -0.05) is 20.8 Å². The third kappa shape index (κ3) is 3.97. The number of rotatable bonds is 4. The van der Waals surface area contributed by atoms with Crippen LogP contribution in [-0.4, -0.2) is 23.8 Å². The van der Waals surface area contributed by atoms with Gasteiger partial charge >= 0.3 is 0 Å². The van der Waals surface area contributed by atoms with E-state index in [-0.39, 0.29) is 6.10 Å². The lowest BCUT2D eigenvalue weighted by atomic mass is 9.80. The molecule has 1 rings (SSSR count). The Balaban J connectivity index is 2.23. The molecule has 0 heterocycles. The highest BCUT2D eigenvalue weighted by Crippen LogP contribution is 2.28. The summed E-state index contributed by atoms with van der Waals surface area (Å²) in [7, 11) is 0. The molecule has 0 amide bonds. The predicted molar refractivity (Wildman–Crippen MR) is 60.3 cm³/mol. The van der Waals surface area contributed by atoms with Crippen LogP contribution in [0, 0.1) is 11.8 Å². The minimum atomic E-state index is -0.164. The molecule has 1 aliphatic carbocycles. The van der Waals surface area contributed by atoms with E-state index in [1.807, 2.05) is 6.92 Å². The highest BCUT2D eigenvalue weighted by molar-refractivity contribution is 4.80. The fourth-order valence-corrected chi connectivity index (χ4v) is 2.56. The predicted octanol–water partition coefficient (Wildman–Crippen LogP) is 2.17. The van der Waals surface area contributed by atoms with Crippen molar-refractivity contribution in [3.8, 4) is 0 Å². The number of nitrogens with one attached hydrogen (secondary N) is 1. The molecule has 2 heteroatoms. The quantitative estimate of drug-likeness (QED) is 0.727. The van der Waals surface area contributed by atoms with Gasteiger partial charge in [-0.25, -0.2) is 0 Å². The zero-order valence-electron chi connectivity index (χ0n) is 9.79. The summed E-state index contributed by atoms with van der Waals surface area (Å²) in [5.74, 6) is 1.69. The number of hydrogen-bond acceptors (Lipinski definition) is 2. The van der Waals surface area contributed by atoms with Gasteiger partial charge < -0.3 is 10.4 Å². The van der Waals surface area contributed by atoms with Gasteiger partial charge in [0.1, 0.15) is 0 Å². The van der Waals surface area contributed by atoms with E-state index >= 15 is 0 Å². The van der Waals surface area contributed by atoms with Crippen molar-refractivity contribution < 1.29 is 5.11 Å². The molecule has 0 aromatic rings. The molecule has 2 nitrogen and oxygen atoms in total. The van der Waals surface area contributed by atoms with E-state index < -0.39 is 0 Å². The van der Waals surface area contributed by atoms with Crippen LogP contribution in [0.15, 0.2) is 0 Å². The average molecular weight is 199 g/mol. The molecule has 1 saturated carbocycles. The number of aliphatic hydroxyl groups is 1. The Morgan fingerprint density at radius 1 is 1.21 bits per heavy atom. The molecular weight excluding hydrogens is 174 g/mol. The van der Waals surface area contributed by atoms with Crippen LogP contribution in [0.1, 0.15) is 46.5 Å². The van der Waals surface area contributed by atoms with Gasteiger partial charge in [-0.15, -0.1) is 0 Å². The fourth-order valence-electron chi connectivity index (χ4n) is 2.56. The van der Waals surface area contributed by atoms with Crippen molar-refractivity contribution in [3.05, 3.63) is 0 Å². The topological polar surface area (TPSA) is 32.3 Å². The van der Waals surface area contributed by atoms with Crippen LogP contribution in [0.25, 0.3) is 0 Å².